The van der Waals surface area contributed by atoms with Crippen LogP contribution in [0.4, 0.5) is 0 Å². The minimum atomic E-state index is 0.816. The van der Waals surface area contributed by atoms with Crippen LogP contribution in [0.5, 0.6) is 0 Å². The second-order valence-corrected chi connectivity index (χ2v) is 5.92. The molecule has 0 radical (unpaired) electrons. The van der Waals surface area contributed by atoms with Crippen molar-refractivity contribution >= 4 is 30.2 Å². The summed E-state index contributed by atoms with van der Waals surface area (Å²) in [5.41, 5.74) is 5.19. The van der Waals surface area contributed by atoms with Crippen LogP contribution < -0.4 is 0 Å². The molecule has 0 aliphatic heterocycles. The van der Waals surface area contributed by atoms with E-state index < -0.39 is 0 Å². The van der Waals surface area contributed by atoms with Gasteiger partial charge >= 0.3 is 0 Å². The lowest BCUT2D eigenvalue weighted by molar-refractivity contribution is 0.957. The Balaban J connectivity index is 1.92. The third-order valence-corrected chi connectivity index (χ3v) is 3.89. The Labute approximate surface area is 132 Å². The molecule has 0 fully saturated rings. The van der Waals surface area contributed by atoms with E-state index in [0.717, 1.165) is 35.5 Å². The van der Waals surface area contributed by atoms with Crippen molar-refractivity contribution in [1.82, 2.24) is 0 Å². The van der Waals surface area contributed by atoms with Gasteiger partial charge < -0.3 is 0 Å². The zero-order valence-electron chi connectivity index (χ0n) is 11.5. The van der Waals surface area contributed by atoms with E-state index in [-0.39, 0.29) is 0 Å². The second kappa shape index (κ2) is 7.61. The van der Waals surface area contributed by atoms with Crippen LogP contribution in [0.3, 0.4) is 0 Å². The van der Waals surface area contributed by atoms with Gasteiger partial charge in [-0.25, -0.2) is 0 Å². The maximum atomic E-state index is 4.26. The first-order valence-corrected chi connectivity index (χ1v) is 7.93. The summed E-state index contributed by atoms with van der Waals surface area (Å²) in [4.78, 5) is 0.816. The minimum Gasteiger partial charge on any atom is -0.179 e. The van der Waals surface area contributed by atoms with E-state index in [1.165, 1.54) is 16.7 Å². The number of thiol groups is 2. The highest BCUT2D eigenvalue weighted by Crippen LogP contribution is 2.17. The third-order valence-electron chi connectivity index (χ3n) is 3.41. The van der Waals surface area contributed by atoms with Crippen molar-refractivity contribution in [2.75, 3.05) is 5.75 Å². The van der Waals surface area contributed by atoms with E-state index in [4.69, 9.17) is 0 Å². The Morgan fingerprint density at radius 3 is 1.55 bits per heavy atom. The molecule has 0 saturated heterocycles. The van der Waals surface area contributed by atoms with Crippen molar-refractivity contribution < 1.29 is 0 Å². The summed E-state index contributed by atoms with van der Waals surface area (Å²) in [6.07, 6.45) is 3.17. The van der Waals surface area contributed by atoms with Crippen LogP contribution in [0.25, 0.3) is 4.91 Å². The molecule has 0 N–H and O–H groups in total. The molecular weight excluding hydrogens is 280 g/mol. The average molecular weight is 300 g/mol. The van der Waals surface area contributed by atoms with Gasteiger partial charge in [-0.15, -0.1) is 12.6 Å². The van der Waals surface area contributed by atoms with Gasteiger partial charge in [-0.3, -0.25) is 0 Å². The maximum Gasteiger partial charge on any atom is 0.00405 e. The van der Waals surface area contributed by atoms with Crippen molar-refractivity contribution in [3.63, 3.8) is 0 Å². The SMILES string of the molecule is C=C(S)c1ccc(CCc2ccc(CCS)cc2)cc1. The summed E-state index contributed by atoms with van der Waals surface area (Å²) < 4.78 is 0. The summed E-state index contributed by atoms with van der Waals surface area (Å²) in [5, 5.41) is 0. The van der Waals surface area contributed by atoms with E-state index in [1.807, 2.05) is 0 Å². The molecule has 0 aliphatic carbocycles. The van der Waals surface area contributed by atoms with Gasteiger partial charge in [0, 0.05) is 4.91 Å². The van der Waals surface area contributed by atoms with Crippen LogP contribution in [-0.2, 0) is 19.3 Å². The molecule has 2 aromatic rings. The summed E-state index contributed by atoms with van der Waals surface area (Å²) >= 11 is 8.52. The molecule has 20 heavy (non-hydrogen) atoms. The molecule has 0 amide bonds. The molecular formula is C18H20S2. The van der Waals surface area contributed by atoms with Crippen LogP contribution in [0.2, 0.25) is 0 Å². The summed E-state index contributed by atoms with van der Waals surface area (Å²) in [5.74, 6) is 0.905. The minimum absolute atomic E-state index is 0.816. The highest BCUT2D eigenvalue weighted by molar-refractivity contribution is 7.90. The van der Waals surface area contributed by atoms with Crippen molar-refractivity contribution in [2.24, 2.45) is 0 Å². The third kappa shape index (κ3) is 4.46. The lowest BCUT2D eigenvalue weighted by atomic mass is 10.0. The molecule has 0 saturated carbocycles. The molecule has 0 atom stereocenters. The zero-order chi connectivity index (χ0) is 14.4. The Bertz CT molecular complexity index is 553. The van der Waals surface area contributed by atoms with Gasteiger partial charge in [0.2, 0.25) is 0 Å². The average Bonchev–Trinajstić information content (AvgIpc) is 2.47. The predicted octanol–water partition coefficient (Wildman–Crippen LogP) is 4.84. The number of rotatable bonds is 6. The fourth-order valence-electron chi connectivity index (χ4n) is 2.15. The van der Waals surface area contributed by atoms with Crippen LogP contribution >= 0.6 is 25.3 Å². The highest BCUT2D eigenvalue weighted by atomic mass is 32.1. The molecule has 0 heterocycles. The number of aryl methyl sites for hydroxylation is 3. The van der Waals surface area contributed by atoms with Gasteiger partial charge in [0.05, 0.1) is 0 Å². The van der Waals surface area contributed by atoms with Crippen molar-refractivity contribution in [3.05, 3.63) is 77.4 Å². The molecule has 0 nitrogen and oxygen atoms in total. The highest BCUT2D eigenvalue weighted by Gasteiger charge is 1.98. The molecule has 0 spiro atoms. The number of hydrogen-bond donors (Lipinski definition) is 2. The molecule has 0 bridgehead atoms. The quantitative estimate of drug-likeness (QED) is 0.700. The molecule has 104 valence electrons. The van der Waals surface area contributed by atoms with Crippen molar-refractivity contribution in [2.45, 2.75) is 19.3 Å². The molecule has 0 aromatic heterocycles. The molecule has 0 aliphatic rings. The van der Waals surface area contributed by atoms with Crippen molar-refractivity contribution in [1.29, 1.82) is 0 Å². The predicted molar refractivity (Wildman–Crippen MR) is 95.9 cm³/mol. The number of benzene rings is 2. The molecule has 2 rings (SSSR count). The molecule has 0 unspecified atom stereocenters. The van der Waals surface area contributed by atoms with Gasteiger partial charge in [0.25, 0.3) is 0 Å². The molecule has 2 heteroatoms. The zero-order valence-corrected chi connectivity index (χ0v) is 13.3. The fraction of sp³-hybridized carbons (Fsp3) is 0.222. The normalized spacial score (nSPS) is 10.5. The Morgan fingerprint density at radius 2 is 1.15 bits per heavy atom. The van der Waals surface area contributed by atoms with E-state index in [0.29, 0.717) is 0 Å². The first kappa shape index (κ1) is 15.3. The van der Waals surface area contributed by atoms with Gasteiger partial charge in [-0.05, 0) is 47.3 Å². The van der Waals surface area contributed by atoms with E-state index in [1.54, 1.807) is 0 Å². The van der Waals surface area contributed by atoms with E-state index >= 15 is 0 Å². The Hall–Kier alpha value is -1.12. The van der Waals surface area contributed by atoms with Crippen LogP contribution in [0.15, 0.2) is 55.1 Å². The lowest BCUT2D eigenvalue weighted by Crippen LogP contribution is -1.93. The summed E-state index contributed by atoms with van der Waals surface area (Å²) in [6.45, 7) is 3.83. The van der Waals surface area contributed by atoms with Gasteiger partial charge in [-0.1, -0.05) is 55.1 Å². The monoisotopic (exact) mass is 300 g/mol. The maximum absolute atomic E-state index is 4.26. The smallest absolute Gasteiger partial charge is 0.00405 e. The molecule has 2 aromatic carbocycles. The second-order valence-electron chi connectivity index (χ2n) is 4.93. The summed E-state index contributed by atoms with van der Waals surface area (Å²) in [6, 6.07) is 17.4. The van der Waals surface area contributed by atoms with Gasteiger partial charge in [-0.2, -0.15) is 12.6 Å². The van der Waals surface area contributed by atoms with Gasteiger partial charge in [0.15, 0.2) is 0 Å². The standard InChI is InChI=1S/C18H20S2/c1-14(20)18-10-8-16(9-11-18)3-2-15-4-6-17(7-5-15)12-13-19/h4-11,19-20H,1-3,12-13H2. The topological polar surface area (TPSA) is 0 Å². The van der Waals surface area contributed by atoms with E-state index in [2.05, 4.69) is 80.4 Å². The van der Waals surface area contributed by atoms with Gasteiger partial charge in [0.1, 0.15) is 0 Å². The van der Waals surface area contributed by atoms with Crippen molar-refractivity contribution in [3.8, 4) is 0 Å². The largest absolute Gasteiger partial charge is 0.179 e. The Kier molecular flexibility index (Phi) is 5.81. The van der Waals surface area contributed by atoms with E-state index in [9.17, 15) is 0 Å². The van der Waals surface area contributed by atoms with Crippen LogP contribution in [0.1, 0.15) is 22.3 Å². The van der Waals surface area contributed by atoms with Crippen LogP contribution in [-0.4, -0.2) is 5.75 Å². The number of hydrogen-bond acceptors (Lipinski definition) is 2. The Morgan fingerprint density at radius 1 is 0.750 bits per heavy atom. The fourth-order valence-corrected chi connectivity index (χ4v) is 2.56. The first-order valence-electron chi connectivity index (χ1n) is 6.85. The lowest BCUT2D eigenvalue weighted by Gasteiger charge is -2.05. The summed E-state index contributed by atoms with van der Waals surface area (Å²) in [7, 11) is 0. The first-order chi connectivity index (χ1) is 9.69. The van der Waals surface area contributed by atoms with Crippen LogP contribution in [0, 0.1) is 0 Å².